The molecule has 0 aliphatic rings. The molecule has 92 valence electrons. The second-order valence-electron chi connectivity index (χ2n) is 3.91. The summed E-state index contributed by atoms with van der Waals surface area (Å²) in [6, 6.07) is 6.80. The zero-order valence-corrected chi connectivity index (χ0v) is 9.94. The van der Waals surface area contributed by atoms with E-state index in [-0.39, 0.29) is 17.8 Å². The van der Waals surface area contributed by atoms with Gasteiger partial charge in [0.25, 0.3) is 0 Å². The number of phenolic OH excluding ortho intramolecular Hbond substituents is 1. The molecule has 1 aromatic rings. The molecule has 0 bridgehead atoms. The van der Waals surface area contributed by atoms with Crippen LogP contribution in [0.2, 0.25) is 0 Å². The van der Waals surface area contributed by atoms with Crippen LogP contribution in [0.4, 0.5) is 4.79 Å². The molecule has 3 N–H and O–H groups in total. The first-order valence-electron chi connectivity index (χ1n) is 5.55. The first-order chi connectivity index (χ1) is 8.11. The van der Waals surface area contributed by atoms with E-state index in [0.29, 0.717) is 6.54 Å². The summed E-state index contributed by atoms with van der Waals surface area (Å²) in [5.41, 5.74) is 1.07. The van der Waals surface area contributed by atoms with Gasteiger partial charge in [-0.3, -0.25) is 0 Å². The van der Waals surface area contributed by atoms with Crippen LogP contribution in [0.25, 0.3) is 0 Å². The first-order valence-corrected chi connectivity index (χ1v) is 5.55. The van der Waals surface area contributed by atoms with Gasteiger partial charge in [-0.1, -0.05) is 18.2 Å². The summed E-state index contributed by atoms with van der Waals surface area (Å²) in [4.78, 5) is 11.3. The first kappa shape index (κ1) is 13.1. The van der Waals surface area contributed by atoms with Crippen LogP contribution in [0, 0.1) is 0 Å². The van der Waals surface area contributed by atoms with Gasteiger partial charge in [0.05, 0.1) is 0 Å². The lowest BCUT2D eigenvalue weighted by Gasteiger charge is -2.14. The van der Waals surface area contributed by atoms with Crippen molar-refractivity contribution in [1.82, 2.24) is 10.6 Å². The zero-order valence-electron chi connectivity index (χ0n) is 9.94. The smallest absolute Gasteiger partial charge is 0.315 e. The van der Waals surface area contributed by atoms with Gasteiger partial charge in [0.15, 0.2) is 0 Å². The summed E-state index contributed by atoms with van der Waals surface area (Å²) in [5, 5.41) is 14.6. The molecular weight excluding hydrogens is 216 g/mol. The fourth-order valence-corrected chi connectivity index (χ4v) is 1.48. The Morgan fingerprint density at radius 2 is 2.12 bits per heavy atom. The molecule has 4 nitrogen and oxygen atoms in total. The van der Waals surface area contributed by atoms with Gasteiger partial charge in [0, 0.05) is 12.6 Å². The lowest BCUT2D eigenvalue weighted by Crippen LogP contribution is -2.41. The standard InChI is InChI=1S/C13H18N2O2/c1-3-8-14-13(17)15-10(2)9-11-4-6-12(16)7-5-11/h3-7,10,16H,1,8-9H2,2H3,(H2,14,15,17). The molecule has 0 saturated carbocycles. The van der Waals surface area contributed by atoms with Crippen molar-refractivity contribution < 1.29 is 9.90 Å². The van der Waals surface area contributed by atoms with Crippen LogP contribution in [-0.2, 0) is 6.42 Å². The Balaban J connectivity index is 2.38. The van der Waals surface area contributed by atoms with Crippen LogP contribution >= 0.6 is 0 Å². The predicted molar refractivity (Wildman–Crippen MR) is 68.0 cm³/mol. The number of amides is 2. The van der Waals surface area contributed by atoms with Gasteiger partial charge >= 0.3 is 6.03 Å². The van der Waals surface area contributed by atoms with Gasteiger partial charge in [-0.25, -0.2) is 4.79 Å². The number of nitrogens with one attached hydrogen (secondary N) is 2. The van der Waals surface area contributed by atoms with Crippen molar-refractivity contribution >= 4 is 6.03 Å². The number of phenols is 1. The zero-order chi connectivity index (χ0) is 12.7. The van der Waals surface area contributed by atoms with E-state index in [1.54, 1.807) is 18.2 Å². The highest BCUT2D eigenvalue weighted by Gasteiger charge is 2.06. The van der Waals surface area contributed by atoms with Gasteiger partial charge in [0.2, 0.25) is 0 Å². The van der Waals surface area contributed by atoms with Gasteiger partial charge in [-0.15, -0.1) is 6.58 Å². The summed E-state index contributed by atoms with van der Waals surface area (Å²) in [5.74, 6) is 0.248. The number of benzene rings is 1. The summed E-state index contributed by atoms with van der Waals surface area (Å²) < 4.78 is 0. The molecular formula is C13H18N2O2. The maximum Gasteiger partial charge on any atom is 0.315 e. The van der Waals surface area contributed by atoms with E-state index in [0.717, 1.165) is 12.0 Å². The average Bonchev–Trinajstić information content (AvgIpc) is 2.29. The Morgan fingerprint density at radius 3 is 2.71 bits per heavy atom. The normalized spacial score (nSPS) is 11.6. The number of hydrogen-bond acceptors (Lipinski definition) is 2. The summed E-state index contributed by atoms with van der Waals surface area (Å²) in [6.45, 7) is 5.91. The Kier molecular flexibility index (Phi) is 5.07. The molecule has 17 heavy (non-hydrogen) atoms. The third kappa shape index (κ3) is 5.06. The molecule has 1 aromatic carbocycles. The van der Waals surface area contributed by atoms with E-state index in [9.17, 15) is 4.79 Å². The van der Waals surface area contributed by atoms with Crippen molar-refractivity contribution in [3.05, 3.63) is 42.5 Å². The van der Waals surface area contributed by atoms with E-state index in [1.165, 1.54) is 0 Å². The third-order valence-electron chi connectivity index (χ3n) is 2.26. The molecule has 0 saturated heterocycles. The van der Waals surface area contributed by atoms with Crippen molar-refractivity contribution in [2.24, 2.45) is 0 Å². The highest BCUT2D eigenvalue weighted by Crippen LogP contribution is 2.11. The molecule has 0 radical (unpaired) electrons. The van der Waals surface area contributed by atoms with E-state index in [4.69, 9.17) is 5.11 Å². The fraction of sp³-hybridized carbons (Fsp3) is 0.308. The number of carbonyl (C=O) groups excluding carboxylic acids is 1. The molecule has 0 aromatic heterocycles. The van der Waals surface area contributed by atoms with E-state index >= 15 is 0 Å². The second kappa shape index (κ2) is 6.58. The maximum atomic E-state index is 11.3. The van der Waals surface area contributed by atoms with Crippen LogP contribution in [0.15, 0.2) is 36.9 Å². The van der Waals surface area contributed by atoms with E-state index in [2.05, 4.69) is 17.2 Å². The number of hydrogen-bond donors (Lipinski definition) is 3. The molecule has 0 heterocycles. The van der Waals surface area contributed by atoms with Crippen molar-refractivity contribution in [3.63, 3.8) is 0 Å². The van der Waals surface area contributed by atoms with Crippen LogP contribution < -0.4 is 10.6 Å². The minimum absolute atomic E-state index is 0.0318. The molecule has 1 atom stereocenters. The van der Waals surface area contributed by atoms with Crippen LogP contribution in [-0.4, -0.2) is 23.7 Å². The van der Waals surface area contributed by atoms with Crippen molar-refractivity contribution in [3.8, 4) is 5.75 Å². The van der Waals surface area contributed by atoms with Crippen LogP contribution in [0.1, 0.15) is 12.5 Å². The highest BCUT2D eigenvalue weighted by molar-refractivity contribution is 5.74. The van der Waals surface area contributed by atoms with Gasteiger partial charge < -0.3 is 15.7 Å². The molecule has 1 rings (SSSR count). The van der Waals surface area contributed by atoms with Crippen molar-refractivity contribution in [2.75, 3.05) is 6.54 Å². The topological polar surface area (TPSA) is 61.4 Å². The molecule has 2 amide bonds. The van der Waals surface area contributed by atoms with Gasteiger partial charge in [-0.2, -0.15) is 0 Å². The Morgan fingerprint density at radius 1 is 1.47 bits per heavy atom. The number of carbonyl (C=O) groups is 1. The monoisotopic (exact) mass is 234 g/mol. The maximum absolute atomic E-state index is 11.3. The molecule has 0 aliphatic carbocycles. The highest BCUT2D eigenvalue weighted by atomic mass is 16.3. The average molecular weight is 234 g/mol. The summed E-state index contributed by atoms with van der Waals surface area (Å²) >= 11 is 0. The molecule has 0 aliphatic heterocycles. The lowest BCUT2D eigenvalue weighted by molar-refractivity contribution is 0.239. The molecule has 4 heteroatoms. The van der Waals surface area contributed by atoms with Crippen LogP contribution in [0.3, 0.4) is 0 Å². The number of aromatic hydroxyl groups is 1. The minimum atomic E-state index is -0.198. The van der Waals surface area contributed by atoms with Crippen molar-refractivity contribution in [2.45, 2.75) is 19.4 Å². The van der Waals surface area contributed by atoms with E-state index < -0.39 is 0 Å². The molecule has 0 fully saturated rings. The second-order valence-corrected chi connectivity index (χ2v) is 3.91. The lowest BCUT2D eigenvalue weighted by atomic mass is 10.1. The molecule has 1 unspecified atom stereocenters. The quantitative estimate of drug-likeness (QED) is 0.680. The van der Waals surface area contributed by atoms with Gasteiger partial charge in [0.1, 0.15) is 5.75 Å². The Labute approximate surface area is 101 Å². The largest absolute Gasteiger partial charge is 0.508 e. The van der Waals surface area contributed by atoms with Gasteiger partial charge in [-0.05, 0) is 31.0 Å². The van der Waals surface area contributed by atoms with Crippen LogP contribution in [0.5, 0.6) is 5.75 Å². The number of urea groups is 1. The Hall–Kier alpha value is -1.97. The van der Waals surface area contributed by atoms with E-state index in [1.807, 2.05) is 19.1 Å². The molecule has 0 spiro atoms. The van der Waals surface area contributed by atoms with Crippen molar-refractivity contribution in [1.29, 1.82) is 0 Å². The minimum Gasteiger partial charge on any atom is -0.508 e. The summed E-state index contributed by atoms with van der Waals surface area (Å²) in [7, 11) is 0. The number of rotatable bonds is 5. The summed E-state index contributed by atoms with van der Waals surface area (Å²) in [6.07, 6.45) is 2.35. The predicted octanol–water partition coefficient (Wildman–Crippen LogP) is 1.81. The third-order valence-corrected chi connectivity index (χ3v) is 2.26. The fourth-order valence-electron chi connectivity index (χ4n) is 1.48. The Bertz CT molecular complexity index is 374. The SMILES string of the molecule is C=CCNC(=O)NC(C)Cc1ccc(O)cc1.